The lowest BCUT2D eigenvalue weighted by molar-refractivity contribution is -0.114. The molecule has 2 N–H and O–H groups in total. The van der Waals surface area contributed by atoms with Crippen LogP contribution in [0.2, 0.25) is 0 Å². The molecular weight excluding hydrogens is 493 g/mol. The number of sulfonamides is 1. The van der Waals surface area contributed by atoms with Crippen LogP contribution >= 0.6 is 0 Å². The Labute approximate surface area is 214 Å². The van der Waals surface area contributed by atoms with Crippen LogP contribution in [0.15, 0.2) is 114 Å². The number of nitrogens with one attached hydrogen (secondary N) is 2. The second kappa shape index (κ2) is 11.5. The molecule has 0 spiro atoms. The minimum atomic E-state index is -4.20. The Morgan fingerprint density at radius 3 is 2.03 bits per heavy atom. The third-order valence-corrected chi connectivity index (χ3v) is 7.26. The number of hydrogen-bond donors (Lipinski definition) is 2. The normalized spacial score (nSPS) is 10.9. The van der Waals surface area contributed by atoms with E-state index in [1.807, 2.05) is 30.3 Å². The number of carbonyl (C=O) groups is 2. The lowest BCUT2D eigenvalue weighted by atomic mass is 10.1. The number of benzene rings is 4. The monoisotopic (exact) mass is 517 g/mol. The van der Waals surface area contributed by atoms with E-state index in [1.54, 1.807) is 54.6 Å². The molecule has 0 radical (unpaired) electrons. The first-order valence-corrected chi connectivity index (χ1v) is 12.8. The molecule has 7 nitrogen and oxygen atoms in total. The smallest absolute Gasteiger partial charge is 0.264 e. The lowest BCUT2D eigenvalue weighted by Crippen LogP contribution is -2.38. The van der Waals surface area contributed by atoms with Crippen LogP contribution in [-0.2, 0) is 21.4 Å². The molecule has 0 atom stereocenters. The Morgan fingerprint density at radius 1 is 0.757 bits per heavy atom. The minimum Gasteiger partial charge on any atom is -0.348 e. The van der Waals surface area contributed by atoms with E-state index in [4.69, 9.17) is 0 Å². The van der Waals surface area contributed by atoms with Crippen LogP contribution in [0.1, 0.15) is 15.9 Å². The fourth-order valence-corrected chi connectivity index (χ4v) is 5.05. The van der Waals surface area contributed by atoms with E-state index in [-0.39, 0.29) is 21.8 Å². The molecule has 4 aromatic carbocycles. The lowest BCUT2D eigenvalue weighted by Gasteiger charge is -2.24. The Kier molecular flexibility index (Phi) is 7.95. The maximum Gasteiger partial charge on any atom is 0.264 e. The summed E-state index contributed by atoms with van der Waals surface area (Å²) in [6.07, 6.45) is 0. The number of amides is 2. The van der Waals surface area contributed by atoms with E-state index < -0.39 is 34.2 Å². The van der Waals surface area contributed by atoms with Crippen molar-refractivity contribution in [1.82, 2.24) is 5.32 Å². The van der Waals surface area contributed by atoms with Crippen molar-refractivity contribution in [3.8, 4) is 0 Å². The van der Waals surface area contributed by atoms with Gasteiger partial charge in [-0.15, -0.1) is 0 Å². The van der Waals surface area contributed by atoms with E-state index in [9.17, 15) is 22.4 Å². The summed E-state index contributed by atoms with van der Waals surface area (Å²) in [7, 11) is -4.20. The molecule has 0 aliphatic rings. The molecule has 0 aliphatic heterocycles. The molecule has 0 unspecified atom stereocenters. The molecule has 0 saturated heterocycles. The average Bonchev–Trinajstić information content (AvgIpc) is 2.92. The Hall–Kier alpha value is -4.50. The molecule has 4 rings (SSSR count). The summed E-state index contributed by atoms with van der Waals surface area (Å²) in [5.41, 5.74) is 1.66. The highest BCUT2D eigenvalue weighted by atomic mass is 32.2. The molecule has 0 aromatic heterocycles. The van der Waals surface area contributed by atoms with Gasteiger partial charge in [0.05, 0.1) is 21.8 Å². The number of hydrogen-bond acceptors (Lipinski definition) is 4. The van der Waals surface area contributed by atoms with E-state index >= 15 is 0 Å². The number of nitrogens with zero attached hydrogens (tertiary/aromatic N) is 1. The largest absolute Gasteiger partial charge is 0.348 e. The SMILES string of the molecule is O=C(CN(c1ccccc1)S(=O)(=O)c1ccc(F)cc1)Nc1ccccc1C(=O)NCc1ccccc1. The second-order valence-corrected chi connectivity index (χ2v) is 9.93. The van der Waals surface area contributed by atoms with Crippen LogP contribution in [0.25, 0.3) is 0 Å². The Morgan fingerprint density at radius 2 is 1.35 bits per heavy atom. The highest BCUT2D eigenvalue weighted by Crippen LogP contribution is 2.24. The zero-order valence-corrected chi connectivity index (χ0v) is 20.5. The third kappa shape index (κ3) is 6.39. The fraction of sp³-hybridized carbons (Fsp3) is 0.0714. The van der Waals surface area contributed by atoms with Crippen molar-refractivity contribution in [1.29, 1.82) is 0 Å². The van der Waals surface area contributed by atoms with Gasteiger partial charge in [0.1, 0.15) is 12.4 Å². The zero-order chi connectivity index (χ0) is 26.3. The van der Waals surface area contributed by atoms with Crippen LogP contribution in [0.3, 0.4) is 0 Å². The van der Waals surface area contributed by atoms with Gasteiger partial charge in [-0.05, 0) is 54.1 Å². The van der Waals surface area contributed by atoms with Gasteiger partial charge < -0.3 is 10.6 Å². The standard InChI is InChI=1S/C28H24FN3O4S/c29-22-15-17-24(18-16-22)37(35,36)32(23-11-5-2-6-12-23)20-27(33)31-26-14-8-7-13-25(26)28(34)30-19-21-9-3-1-4-10-21/h1-18H,19-20H2,(H,30,34)(H,31,33). The van der Waals surface area contributed by atoms with Gasteiger partial charge in [0.25, 0.3) is 15.9 Å². The first-order chi connectivity index (χ1) is 17.8. The van der Waals surface area contributed by atoms with Gasteiger partial charge in [-0.25, -0.2) is 12.8 Å². The molecule has 0 fully saturated rings. The molecule has 37 heavy (non-hydrogen) atoms. The molecule has 4 aromatic rings. The topological polar surface area (TPSA) is 95.6 Å². The van der Waals surface area contributed by atoms with Crippen LogP contribution in [0.4, 0.5) is 15.8 Å². The number of rotatable bonds is 9. The average molecular weight is 518 g/mol. The summed E-state index contributed by atoms with van der Waals surface area (Å²) in [6, 6.07) is 28.3. The van der Waals surface area contributed by atoms with Gasteiger partial charge in [0.15, 0.2) is 0 Å². The molecule has 2 amide bonds. The molecule has 0 aliphatic carbocycles. The number of carbonyl (C=O) groups excluding carboxylic acids is 2. The van der Waals surface area contributed by atoms with Gasteiger partial charge in [-0.1, -0.05) is 60.7 Å². The van der Waals surface area contributed by atoms with Gasteiger partial charge >= 0.3 is 0 Å². The number of para-hydroxylation sites is 2. The van der Waals surface area contributed by atoms with Crippen LogP contribution in [0, 0.1) is 5.82 Å². The van der Waals surface area contributed by atoms with E-state index in [2.05, 4.69) is 10.6 Å². The molecular formula is C28H24FN3O4S. The number of halogens is 1. The number of anilines is 2. The molecule has 0 heterocycles. The molecule has 0 bridgehead atoms. The minimum absolute atomic E-state index is 0.161. The van der Waals surface area contributed by atoms with Crippen molar-refractivity contribution in [3.05, 3.63) is 126 Å². The fourth-order valence-electron chi connectivity index (χ4n) is 3.63. The van der Waals surface area contributed by atoms with Crippen LogP contribution in [0.5, 0.6) is 0 Å². The highest BCUT2D eigenvalue weighted by molar-refractivity contribution is 7.92. The highest BCUT2D eigenvalue weighted by Gasteiger charge is 2.27. The van der Waals surface area contributed by atoms with Crippen molar-refractivity contribution in [2.45, 2.75) is 11.4 Å². The maximum atomic E-state index is 13.4. The van der Waals surface area contributed by atoms with Crippen molar-refractivity contribution >= 4 is 33.2 Å². The van der Waals surface area contributed by atoms with Crippen molar-refractivity contribution in [2.24, 2.45) is 0 Å². The summed E-state index contributed by atoms with van der Waals surface area (Å²) >= 11 is 0. The Bertz CT molecular complexity index is 1480. The van der Waals surface area contributed by atoms with E-state index in [0.717, 1.165) is 34.1 Å². The van der Waals surface area contributed by atoms with Gasteiger partial charge in [0, 0.05) is 6.54 Å². The maximum absolute atomic E-state index is 13.4. The third-order valence-electron chi connectivity index (χ3n) is 5.47. The van der Waals surface area contributed by atoms with E-state index in [0.29, 0.717) is 6.54 Å². The van der Waals surface area contributed by atoms with Gasteiger partial charge in [-0.2, -0.15) is 0 Å². The first-order valence-electron chi connectivity index (χ1n) is 11.4. The zero-order valence-electron chi connectivity index (χ0n) is 19.7. The Balaban J connectivity index is 1.54. The van der Waals surface area contributed by atoms with Crippen molar-refractivity contribution < 1.29 is 22.4 Å². The molecule has 9 heteroatoms. The van der Waals surface area contributed by atoms with Crippen LogP contribution < -0.4 is 14.9 Å². The predicted molar refractivity (Wildman–Crippen MR) is 140 cm³/mol. The quantitative estimate of drug-likeness (QED) is 0.340. The summed E-state index contributed by atoms with van der Waals surface area (Å²) in [5.74, 6) is -1.62. The summed E-state index contributed by atoms with van der Waals surface area (Å²) in [5, 5.41) is 5.48. The first kappa shape index (κ1) is 25.6. The second-order valence-electron chi connectivity index (χ2n) is 8.06. The predicted octanol–water partition coefficient (Wildman–Crippen LogP) is 4.59. The van der Waals surface area contributed by atoms with Gasteiger partial charge in [-0.3, -0.25) is 13.9 Å². The molecule has 0 saturated carbocycles. The van der Waals surface area contributed by atoms with Crippen molar-refractivity contribution in [3.63, 3.8) is 0 Å². The summed E-state index contributed by atoms with van der Waals surface area (Å²) in [6.45, 7) is -0.261. The summed E-state index contributed by atoms with van der Waals surface area (Å²) in [4.78, 5) is 25.7. The van der Waals surface area contributed by atoms with Crippen LogP contribution in [-0.4, -0.2) is 26.8 Å². The van der Waals surface area contributed by atoms with Gasteiger partial charge in [0.2, 0.25) is 5.91 Å². The molecule has 188 valence electrons. The van der Waals surface area contributed by atoms with E-state index in [1.165, 1.54) is 0 Å². The summed E-state index contributed by atoms with van der Waals surface area (Å²) < 4.78 is 41.1. The van der Waals surface area contributed by atoms with Crippen molar-refractivity contribution in [2.75, 3.05) is 16.2 Å².